The number of rotatable bonds is 4. The molecule has 1 unspecified atom stereocenters. The van der Waals surface area contributed by atoms with Crippen molar-refractivity contribution in [2.45, 2.75) is 51.0 Å². The fourth-order valence-corrected chi connectivity index (χ4v) is 2.42. The maximum Gasteiger partial charge on any atom is 0.235 e. The number of hydrogen-bond acceptors (Lipinski definition) is 2. The second-order valence-electron chi connectivity index (χ2n) is 5.02. The van der Waals surface area contributed by atoms with Crippen molar-refractivity contribution in [2.75, 3.05) is 0 Å². The van der Waals surface area contributed by atoms with E-state index in [1.54, 1.807) is 6.08 Å². The number of nitrogens with zero attached hydrogens (tertiary/aromatic N) is 1. The molecule has 0 N–H and O–H groups in total. The fourth-order valence-electron chi connectivity index (χ4n) is 2.42. The van der Waals surface area contributed by atoms with Crippen LogP contribution >= 0.6 is 0 Å². The molecule has 0 bridgehead atoms. The van der Waals surface area contributed by atoms with Gasteiger partial charge in [0, 0.05) is 0 Å². The Morgan fingerprint density at radius 1 is 1.35 bits per heavy atom. The first-order valence-corrected chi connectivity index (χ1v) is 6.41. The molecular formula is C15H19NO. The number of aliphatic imine (C=N–C) groups is 1. The molecule has 0 aromatic heterocycles. The SMILES string of the molecule is CCC(C)c1ccc(C2(N=C=O)CCC2)cc1. The van der Waals surface area contributed by atoms with E-state index in [1.807, 2.05) is 0 Å². The highest BCUT2D eigenvalue weighted by Crippen LogP contribution is 2.44. The lowest BCUT2D eigenvalue weighted by Crippen LogP contribution is -2.31. The molecule has 2 nitrogen and oxygen atoms in total. The molecule has 1 atom stereocenters. The minimum Gasteiger partial charge on any atom is -0.211 e. The molecule has 0 heterocycles. The van der Waals surface area contributed by atoms with Crippen molar-refractivity contribution < 1.29 is 4.79 Å². The van der Waals surface area contributed by atoms with Gasteiger partial charge in [-0.3, -0.25) is 0 Å². The zero-order valence-corrected chi connectivity index (χ0v) is 10.6. The molecule has 1 aromatic rings. The smallest absolute Gasteiger partial charge is 0.211 e. The normalized spacial score (nSPS) is 18.9. The van der Waals surface area contributed by atoms with E-state index in [4.69, 9.17) is 0 Å². The lowest BCUT2D eigenvalue weighted by molar-refractivity contribution is 0.256. The number of benzene rings is 1. The largest absolute Gasteiger partial charge is 0.235 e. The van der Waals surface area contributed by atoms with Crippen LogP contribution in [0.3, 0.4) is 0 Å². The molecule has 0 aliphatic heterocycles. The Bertz CT molecular complexity index is 425. The van der Waals surface area contributed by atoms with Crippen molar-refractivity contribution in [3.63, 3.8) is 0 Å². The molecule has 1 fully saturated rings. The van der Waals surface area contributed by atoms with Gasteiger partial charge in [-0.2, -0.15) is 4.99 Å². The lowest BCUT2D eigenvalue weighted by atomic mass is 9.72. The lowest BCUT2D eigenvalue weighted by Gasteiger charge is -2.37. The average Bonchev–Trinajstić information content (AvgIpc) is 2.33. The van der Waals surface area contributed by atoms with E-state index in [1.165, 1.54) is 11.1 Å². The van der Waals surface area contributed by atoms with Crippen molar-refractivity contribution in [3.8, 4) is 0 Å². The van der Waals surface area contributed by atoms with Crippen LogP contribution in [0.2, 0.25) is 0 Å². The summed E-state index contributed by atoms with van der Waals surface area (Å²) in [5.41, 5.74) is 2.27. The van der Waals surface area contributed by atoms with Gasteiger partial charge in [0.15, 0.2) is 0 Å². The van der Waals surface area contributed by atoms with Gasteiger partial charge in [-0.25, -0.2) is 4.79 Å². The van der Waals surface area contributed by atoms with Crippen molar-refractivity contribution in [2.24, 2.45) is 4.99 Å². The average molecular weight is 229 g/mol. The van der Waals surface area contributed by atoms with Crippen LogP contribution in [0.5, 0.6) is 0 Å². The summed E-state index contributed by atoms with van der Waals surface area (Å²) in [6.45, 7) is 4.43. The molecule has 1 saturated carbocycles. The topological polar surface area (TPSA) is 29.4 Å². The summed E-state index contributed by atoms with van der Waals surface area (Å²) in [4.78, 5) is 14.5. The van der Waals surface area contributed by atoms with Gasteiger partial charge in [0.05, 0.1) is 5.54 Å². The van der Waals surface area contributed by atoms with E-state index in [-0.39, 0.29) is 5.54 Å². The summed E-state index contributed by atoms with van der Waals surface area (Å²) in [5.74, 6) is 0.593. The van der Waals surface area contributed by atoms with Gasteiger partial charge in [-0.15, -0.1) is 0 Å². The van der Waals surface area contributed by atoms with Crippen molar-refractivity contribution >= 4 is 6.08 Å². The molecule has 17 heavy (non-hydrogen) atoms. The maximum absolute atomic E-state index is 10.5. The Labute approximate surface area is 103 Å². The molecule has 90 valence electrons. The summed E-state index contributed by atoms with van der Waals surface area (Å²) >= 11 is 0. The van der Waals surface area contributed by atoms with Gasteiger partial charge in [0.25, 0.3) is 0 Å². The van der Waals surface area contributed by atoms with Gasteiger partial charge < -0.3 is 0 Å². The first kappa shape index (κ1) is 12.1. The van der Waals surface area contributed by atoms with Crippen molar-refractivity contribution in [1.82, 2.24) is 0 Å². The van der Waals surface area contributed by atoms with Crippen LogP contribution in [0, 0.1) is 0 Å². The van der Waals surface area contributed by atoms with Crippen molar-refractivity contribution in [1.29, 1.82) is 0 Å². The van der Waals surface area contributed by atoms with Crippen molar-refractivity contribution in [3.05, 3.63) is 35.4 Å². The summed E-state index contributed by atoms with van der Waals surface area (Å²) in [7, 11) is 0. The van der Waals surface area contributed by atoms with Crippen LogP contribution < -0.4 is 0 Å². The van der Waals surface area contributed by atoms with Gasteiger partial charge in [-0.05, 0) is 42.7 Å². The Morgan fingerprint density at radius 3 is 2.41 bits per heavy atom. The van der Waals surface area contributed by atoms with Crippen LogP contribution in [-0.4, -0.2) is 6.08 Å². The van der Waals surface area contributed by atoms with Crippen LogP contribution in [0.15, 0.2) is 29.3 Å². The third-order valence-corrected chi connectivity index (χ3v) is 4.07. The summed E-state index contributed by atoms with van der Waals surface area (Å²) in [6, 6.07) is 8.59. The molecule has 0 radical (unpaired) electrons. The quantitative estimate of drug-likeness (QED) is 0.568. The van der Waals surface area contributed by atoms with Crippen LogP contribution in [-0.2, 0) is 10.3 Å². The second-order valence-corrected chi connectivity index (χ2v) is 5.02. The van der Waals surface area contributed by atoms with E-state index in [0.717, 1.165) is 25.7 Å². The van der Waals surface area contributed by atoms with Gasteiger partial charge >= 0.3 is 0 Å². The molecule has 1 aromatic carbocycles. The first-order chi connectivity index (χ1) is 8.22. The highest BCUT2D eigenvalue weighted by atomic mass is 16.1. The first-order valence-electron chi connectivity index (χ1n) is 6.41. The Kier molecular flexibility index (Phi) is 3.44. The molecule has 2 heteroatoms. The van der Waals surface area contributed by atoms with Gasteiger partial charge in [0.1, 0.15) is 0 Å². The standard InChI is InChI=1S/C15H19NO/c1-3-12(2)13-5-7-14(8-6-13)15(16-11-17)9-4-10-15/h5-8,12H,3-4,9-10H2,1-2H3. The molecule has 2 rings (SSSR count). The van der Waals surface area contributed by atoms with Gasteiger partial charge in [-0.1, -0.05) is 38.1 Å². The third-order valence-electron chi connectivity index (χ3n) is 4.07. The zero-order chi connectivity index (χ0) is 12.3. The highest BCUT2D eigenvalue weighted by Gasteiger charge is 2.38. The Hall–Kier alpha value is -1.40. The molecule has 0 amide bonds. The number of carbonyl (C=O) groups excluding carboxylic acids is 1. The number of isocyanates is 1. The van der Waals surface area contributed by atoms with Crippen LogP contribution in [0.25, 0.3) is 0 Å². The fraction of sp³-hybridized carbons (Fsp3) is 0.533. The highest BCUT2D eigenvalue weighted by molar-refractivity contribution is 5.40. The monoisotopic (exact) mass is 229 g/mol. The van der Waals surface area contributed by atoms with E-state index < -0.39 is 0 Å². The molecule has 1 aliphatic carbocycles. The van der Waals surface area contributed by atoms with Crippen LogP contribution in [0.1, 0.15) is 56.6 Å². The minimum atomic E-state index is -0.254. The summed E-state index contributed by atoms with van der Waals surface area (Å²) in [6.07, 6.45) is 5.99. The van der Waals surface area contributed by atoms with E-state index >= 15 is 0 Å². The Balaban J connectivity index is 2.25. The predicted octanol–water partition coefficient (Wildman–Crippen LogP) is 3.92. The molecule has 0 saturated heterocycles. The maximum atomic E-state index is 10.5. The van der Waals surface area contributed by atoms with Gasteiger partial charge in [0.2, 0.25) is 6.08 Å². The van der Waals surface area contributed by atoms with E-state index in [9.17, 15) is 4.79 Å². The minimum absolute atomic E-state index is 0.254. The van der Waals surface area contributed by atoms with E-state index in [0.29, 0.717) is 5.92 Å². The second kappa shape index (κ2) is 4.85. The molecule has 0 spiro atoms. The molecular weight excluding hydrogens is 210 g/mol. The summed E-state index contributed by atoms with van der Waals surface area (Å²) < 4.78 is 0. The zero-order valence-electron chi connectivity index (χ0n) is 10.6. The number of hydrogen-bond donors (Lipinski definition) is 0. The third kappa shape index (κ3) is 2.18. The Morgan fingerprint density at radius 2 is 2.00 bits per heavy atom. The predicted molar refractivity (Wildman–Crippen MR) is 68.8 cm³/mol. The summed E-state index contributed by atoms with van der Waals surface area (Å²) in [5, 5.41) is 0. The molecule has 1 aliphatic rings. The van der Waals surface area contributed by atoms with Crippen LogP contribution in [0.4, 0.5) is 0 Å². The van der Waals surface area contributed by atoms with E-state index in [2.05, 4.69) is 43.1 Å².